The van der Waals surface area contributed by atoms with Crippen molar-refractivity contribution in [3.63, 3.8) is 0 Å². The number of aryl methyl sites for hydroxylation is 1. The van der Waals surface area contributed by atoms with Gasteiger partial charge in [-0.25, -0.2) is 4.98 Å². The molecule has 13 heavy (non-hydrogen) atoms. The Morgan fingerprint density at radius 2 is 2.38 bits per heavy atom. The van der Waals surface area contributed by atoms with E-state index in [0.717, 1.165) is 24.8 Å². The van der Waals surface area contributed by atoms with E-state index >= 15 is 0 Å². The van der Waals surface area contributed by atoms with Crippen molar-refractivity contribution >= 4 is 0 Å². The summed E-state index contributed by atoms with van der Waals surface area (Å²) in [6, 6.07) is 4.06. The van der Waals surface area contributed by atoms with Gasteiger partial charge < -0.3 is 4.74 Å². The second-order valence-electron chi connectivity index (χ2n) is 3.61. The van der Waals surface area contributed by atoms with E-state index in [1.807, 2.05) is 18.3 Å². The number of aromatic nitrogens is 1. The Hall–Kier alpha value is -1.05. The van der Waals surface area contributed by atoms with Crippen LogP contribution in [-0.2, 0) is 6.42 Å². The zero-order valence-electron chi connectivity index (χ0n) is 7.99. The summed E-state index contributed by atoms with van der Waals surface area (Å²) in [6.45, 7) is 2.99. The van der Waals surface area contributed by atoms with Gasteiger partial charge in [0.15, 0.2) is 0 Å². The van der Waals surface area contributed by atoms with Gasteiger partial charge in [-0.3, -0.25) is 0 Å². The predicted octanol–water partition coefficient (Wildman–Crippen LogP) is 2.43. The van der Waals surface area contributed by atoms with Crippen LogP contribution in [0.4, 0.5) is 0 Å². The molecule has 2 rings (SSSR count). The topological polar surface area (TPSA) is 22.1 Å². The number of ether oxygens (including phenoxy) is 1. The van der Waals surface area contributed by atoms with Gasteiger partial charge in [-0.05, 0) is 36.8 Å². The summed E-state index contributed by atoms with van der Waals surface area (Å²) in [5, 5.41) is 0. The normalized spacial score (nSPS) is 15.8. The highest BCUT2D eigenvalue weighted by Gasteiger charge is 2.21. The lowest BCUT2D eigenvalue weighted by Crippen LogP contribution is -2.00. The number of rotatable bonds is 4. The molecular formula is C11H15NO. The van der Waals surface area contributed by atoms with Crippen molar-refractivity contribution in [2.45, 2.75) is 26.2 Å². The molecule has 70 valence electrons. The molecule has 0 atom stereocenters. The molecule has 0 spiro atoms. The van der Waals surface area contributed by atoms with Crippen LogP contribution >= 0.6 is 0 Å². The SMILES string of the molecule is CCc1ccnc(OCC2CC2)c1. The van der Waals surface area contributed by atoms with Crippen LogP contribution in [0.2, 0.25) is 0 Å². The summed E-state index contributed by atoms with van der Waals surface area (Å²) in [5.74, 6) is 1.58. The first-order valence-corrected chi connectivity index (χ1v) is 4.96. The van der Waals surface area contributed by atoms with E-state index in [1.165, 1.54) is 18.4 Å². The van der Waals surface area contributed by atoms with Crippen molar-refractivity contribution in [2.75, 3.05) is 6.61 Å². The van der Waals surface area contributed by atoms with Crippen molar-refractivity contribution in [2.24, 2.45) is 5.92 Å². The minimum Gasteiger partial charge on any atom is -0.477 e. The Morgan fingerprint density at radius 3 is 3.08 bits per heavy atom. The van der Waals surface area contributed by atoms with Crippen LogP contribution in [-0.4, -0.2) is 11.6 Å². The Balaban J connectivity index is 1.93. The van der Waals surface area contributed by atoms with Gasteiger partial charge in [0.05, 0.1) is 6.61 Å². The average molecular weight is 177 g/mol. The minimum atomic E-state index is 0.784. The summed E-state index contributed by atoms with van der Waals surface area (Å²) in [4.78, 5) is 4.16. The predicted molar refractivity (Wildman–Crippen MR) is 51.8 cm³/mol. The van der Waals surface area contributed by atoms with Crippen LogP contribution < -0.4 is 4.74 Å². The van der Waals surface area contributed by atoms with Crippen molar-refractivity contribution in [3.05, 3.63) is 23.9 Å². The molecule has 2 heteroatoms. The molecule has 1 fully saturated rings. The fourth-order valence-electron chi connectivity index (χ4n) is 1.24. The second kappa shape index (κ2) is 3.77. The fraction of sp³-hybridized carbons (Fsp3) is 0.545. The molecule has 2 nitrogen and oxygen atoms in total. The quantitative estimate of drug-likeness (QED) is 0.704. The largest absolute Gasteiger partial charge is 0.477 e. The molecule has 1 aliphatic carbocycles. The maximum atomic E-state index is 5.56. The Kier molecular flexibility index (Phi) is 2.48. The molecule has 0 N–H and O–H groups in total. The summed E-state index contributed by atoms with van der Waals surface area (Å²) in [6.07, 6.45) is 5.52. The van der Waals surface area contributed by atoms with Gasteiger partial charge in [-0.15, -0.1) is 0 Å². The summed E-state index contributed by atoms with van der Waals surface area (Å²) < 4.78 is 5.56. The molecule has 0 aromatic carbocycles. The smallest absolute Gasteiger partial charge is 0.213 e. The standard InChI is InChI=1S/C11H15NO/c1-2-9-5-6-12-11(7-9)13-8-10-3-4-10/h5-7,10H,2-4,8H2,1H3. The summed E-state index contributed by atoms with van der Waals surface area (Å²) >= 11 is 0. The van der Waals surface area contributed by atoms with E-state index in [1.54, 1.807) is 0 Å². The molecule has 1 aromatic rings. The van der Waals surface area contributed by atoms with Crippen LogP contribution in [0.25, 0.3) is 0 Å². The highest BCUT2D eigenvalue weighted by Crippen LogP contribution is 2.29. The first kappa shape index (κ1) is 8.54. The zero-order valence-corrected chi connectivity index (χ0v) is 7.99. The zero-order chi connectivity index (χ0) is 9.10. The lowest BCUT2D eigenvalue weighted by atomic mass is 10.2. The third-order valence-corrected chi connectivity index (χ3v) is 2.37. The third-order valence-electron chi connectivity index (χ3n) is 2.37. The highest BCUT2D eigenvalue weighted by molar-refractivity contribution is 5.20. The van der Waals surface area contributed by atoms with Gasteiger partial charge in [0.1, 0.15) is 0 Å². The van der Waals surface area contributed by atoms with Gasteiger partial charge in [-0.2, -0.15) is 0 Å². The van der Waals surface area contributed by atoms with E-state index in [2.05, 4.69) is 11.9 Å². The van der Waals surface area contributed by atoms with Crippen molar-refractivity contribution in [3.8, 4) is 5.88 Å². The van der Waals surface area contributed by atoms with E-state index in [-0.39, 0.29) is 0 Å². The monoisotopic (exact) mass is 177 g/mol. The first-order chi connectivity index (χ1) is 6.38. The number of hydrogen-bond acceptors (Lipinski definition) is 2. The number of hydrogen-bond donors (Lipinski definition) is 0. The maximum absolute atomic E-state index is 5.56. The van der Waals surface area contributed by atoms with Crippen LogP contribution in [0.5, 0.6) is 5.88 Å². The molecule has 0 radical (unpaired) electrons. The Bertz CT molecular complexity index is 281. The molecule has 1 aliphatic rings. The van der Waals surface area contributed by atoms with Crippen molar-refractivity contribution in [1.82, 2.24) is 4.98 Å². The van der Waals surface area contributed by atoms with Crippen LogP contribution in [0.15, 0.2) is 18.3 Å². The minimum absolute atomic E-state index is 0.784. The van der Waals surface area contributed by atoms with Gasteiger partial charge in [-0.1, -0.05) is 6.92 Å². The van der Waals surface area contributed by atoms with Gasteiger partial charge in [0.25, 0.3) is 0 Å². The molecule has 0 aliphatic heterocycles. The van der Waals surface area contributed by atoms with Crippen LogP contribution in [0.3, 0.4) is 0 Å². The molecule has 1 saturated carbocycles. The summed E-state index contributed by atoms with van der Waals surface area (Å²) in [7, 11) is 0. The van der Waals surface area contributed by atoms with Crippen molar-refractivity contribution < 1.29 is 4.74 Å². The lowest BCUT2D eigenvalue weighted by molar-refractivity contribution is 0.288. The van der Waals surface area contributed by atoms with Gasteiger partial charge >= 0.3 is 0 Å². The molecule has 0 unspecified atom stereocenters. The van der Waals surface area contributed by atoms with E-state index in [0.29, 0.717) is 0 Å². The van der Waals surface area contributed by atoms with E-state index in [4.69, 9.17) is 4.74 Å². The first-order valence-electron chi connectivity index (χ1n) is 4.96. The maximum Gasteiger partial charge on any atom is 0.213 e. The molecular weight excluding hydrogens is 162 g/mol. The molecule has 0 saturated heterocycles. The molecule has 0 bridgehead atoms. The summed E-state index contributed by atoms with van der Waals surface area (Å²) in [5.41, 5.74) is 1.29. The Morgan fingerprint density at radius 1 is 1.54 bits per heavy atom. The number of nitrogens with zero attached hydrogens (tertiary/aromatic N) is 1. The fourth-order valence-corrected chi connectivity index (χ4v) is 1.24. The molecule has 1 heterocycles. The lowest BCUT2D eigenvalue weighted by Gasteiger charge is -2.04. The molecule has 0 amide bonds. The van der Waals surface area contributed by atoms with Gasteiger partial charge in [0.2, 0.25) is 5.88 Å². The van der Waals surface area contributed by atoms with E-state index in [9.17, 15) is 0 Å². The average Bonchev–Trinajstić information content (AvgIpc) is 2.99. The third kappa shape index (κ3) is 2.44. The number of pyridine rings is 1. The van der Waals surface area contributed by atoms with Crippen LogP contribution in [0, 0.1) is 5.92 Å². The van der Waals surface area contributed by atoms with Crippen LogP contribution in [0.1, 0.15) is 25.3 Å². The second-order valence-corrected chi connectivity index (χ2v) is 3.61. The van der Waals surface area contributed by atoms with E-state index < -0.39 is 0 Å². The Labute approximate surface area is 78.9 Å². The van der Waals surface area contributed by atoms with Crippen molar-refractivity contribution in [1.29, 1.82) is 0 Å². The molecule has 1 aromatic heterocycles. The highest BCUT2D eigenvalue weighted by atomic mass is 16.5. The van der Waals surface area contributed by atoms with Gasteiger partial charge in [0, 0.05) is 12.3 Å².